The monoisotopic (exact) mass is 282 g/mol. The smallest absolute Gasteiger partial charge is 0.410 e. The van der Waals surface area contributed by atoms with Crippen LogP contribution in [0.5, 0.6) is 0 Å². The van der Waals surface area contributed by atoms with E-state index < -0.39 is 17.2 Å². The summed E-state index contributed by atoms with van der Waals surface area (Å²) in [5, 5.41) is 2.83. The maximum Gasteiger partial charge on any atom is 0.410 e. The van der Waals surface area contributed by atoms with Crippen LogP contribution in [-0.2, 0) is 4.74 Å². The molecule has 3 N–H and O–H groups in total. The van der Waals surface area contributed by atoms with Gasteiger partial charge in [-0.25, -0.2) is 9.59 Å². The second kappa shape index (κ2) is 4.64. The number of amidine groups is 1. The molecular formula is C13H22N4O3. The Morgan fingerprint density at radius 3 is 2.65 bits per heavy atom. The van der Waals surface area contributed by atoms with Crippen LogP contribution in [0.3, 0.4) is 0 Å². The van der Waals surface area contributed by atoms with Gasteiger partial charge in [-0.2, -0.15) is 4.99 Å². The molecule has 0 aromatic rings. The van der Waals surface area contributed by atoms with Crippen molar-refractivity contribution in [2.75, 3.05) is 13.1 Å². The van der Waals surface area contributed by atoms with Gasteiger partial charge in [0.05, 0.1) is 0 Å². The van der Waals surface area contributed by atoms with Crippen LogP contribution in [0.2, 0.25) is 0 Å². The third kappa shape index (κ3) is 2.57. The average Bonchev–Trinajstić information content (AvgIpc) is 2.56. The number of ether oxygens (including phenoxy) is 1. The largest absolute Gasteiger partial charge is 0.444 e. The van der Waals surface area contributed by atoms with E-state index >= 15 is 0 Å². The molecule has 2 heterocycles. The molecule has 2 unspecified atom stereocenters. The maximum absolute atomic E-state index is 12.1. The van der Waals surface area contributed by atoms with Gasteiger partial charge in [0, 0.05) is 19.0 Å². The predicted molar refractivity (Wildman–Crippen MR) is 74.5 cm³/mol. The molecule has 0 aromatic heterocycles. The lowest BCUT2D eigenvalue weighted by Crippen LogP contribution is -2.63. The van der Waals surface area contributed by atoms with Crippen LogP contribution < -0.4 is 11.1 Å². The highest BCUT2D eigenvalue weighted by atomic mass is 16.6. The first-order valence-electron chi connectivity index (χ1n) is 6.79. The Hall–Kier alpha value is -1.79. The van der Waals surface area contributed by atoms with E-state index in [-0.39, 0.29) is 12.0 Å². The van der Waals surface area contributed by atoms with Crippen LogP contribution >= 0.6 is 0 Å². The number of piperidine rings is 1. The van der Waals surface area contributed by atoms with Gasteiger partial charge in [0.15, 0.2) is 0 Å². The van der Waals surface area contributed by atoms with Crippen molar-refractivity contribution in [2.45, 2.75) is 45.3 Å². The first kappa shape index (κ1) is 14.6. The number of hydrogen-bond donors (Lipinski definition) is 2. The quantitative estimate of drug-likeness (QED) is 0.694. The molecule has 20 heavy (non-hydrogen) atoms. The van der Waals surface area contributed by atoms with Gasteiger partial charge in [0.1, 0.15) is 17.0 Å². The van der Waals surface area contributed by atoms with E-state index in [0.29, 0.717) is 25.3 Å². The zero-order valence-corrected chi connectivity index (χ0v) is 12.4. The first-order valence-corrected chi connectivity index (χ1v) is 6.79. The Labute approximate surface area is 118 Å². The van der Waals surface area contributed by atoms with Gasteiger partial charge in [-0.3, -0.25) is 0 Å². The summed E-state index contributed by atoms with van der Waals surface area (Å²) in [6.45, 7) is 8.41. The van der Waals surface area contributed by atoms with Crippen molar-refractivity contribution in [3.63, 3.8) is 0 Å². The Balaban J connectivity index is 2.05. The number of nitrogens with zero attached hydrogens (tertiary/aromatic N) is 2. The summed E-state index contributed by atoms with van der Waals surface area (Å²) in [7, 11) is 0. The SMILES string of the molecule is CC1CN(C(=O)OC(C)(C)C)CCC12NC(=O)N=C2N. The Morgan fingerprint density at radius 2 is 2.20 bits per heavy atom. The van der Waals surface area contributed by atoms with Crippen LogP contribution in [-0.4, -0.2) is 47.1 Å². The van der Waals surface area contributed by atoms with E-state index in [2.05, 4.69) is 10.3 Å². The summed E-state index contributed by atoms with van der Waals surface area (Å²) in [5.41, 5.74) is 4.75. The van der Waals surface area contributed by atoms with Gasteiger partial charge in [0.2, 0.25) is 0 Å². The third-order valence-corrected chi connectivity index (χ3v) is 3.77. The molecule has 1 spiro atoms. The number of rotatable bonds is 0. The van der Waals surface area contributed by atoms with E-state index in [4.69, 9.17) is 10.5 Å². The summed E-state index contributed by atoms with van der Waals surface area (Å²) in [5.74, 6) is 0.304. The number of aliphatic imine (C=N–C) groups is 1. The maximum atomic E-state index is 12.1. The van der Waals surface area contributed by atoms with Gasteiger partial charge in [0.25, 0.3) is 0 Å². The zero-order chi connectivity index (χ0) is 15.1. The van der Waals surface area contributed by atoms with Crippen LogP contribution in [0.4, 0.5) is 9.59 Å². The third-order valence-electron chi connectivity index (χ3n) is 3.77. The molecule has 0 aromatic carbocycles. The van der Waals surface area contributed by atoms with Crippen LogP contribution in [0.15, 0.2) is 4.99 Å². The number of urea groups is 1. The van der Waals surface area contributed by atoms with Crippen LogP contribution in [0.25, 0.3) is 0 Å². The zero-order valence-electron chi connectivity index (χ0n) is 12.4. The topological polar surface area (TPSA) is 97.0 Å². The molecule has 7 nitrogen and oxygen atoms in total. The van der Waals surface area contributed by atoms with Crippen molar-refractivity contribution in [1.29, 1.82) is 0 Å². The summed E-state index contributed by atoms with van der Waals surface area (Å²) >= 11 is 0. The van der Waals surface area contributed by atoms with E-state index in [1.807, 2.05) is 27.7 Å². The molecule has 0 bridgehead atoms. The van der Waals surface area contributed by atoms with E-state index in [1.54, 1.807) is 4.90 Å². The van der Waals surface area contributed by atoms with Crippen molar-refractivity contribution in [3.8, 4) is 0 Å². The van der Waals surface area contributed by atoms with E-state index in [0.717, 1.165) is 0 Å². The lowest BCUT2D eigenvalue weighted by molar-refractivity contribution is 0.0120. The van der Waals surface area contributed by atoms with Gasteiger partial charge in [-0.15, -0.1) is 0 Å². The molecular weight excluding hydrogens is 260 g/mol. The summed E-state index contributed by atoms with van der Waals surface area (Å²) in [6, 6.07) is -0.403. The number of nitrogens with one attached hydrogen (secondary N) is 1. The molecule has 7 heteroatoms. The van der Waals surface area contributed by atoms with Crippen molar-refractivity contribution in [2.24, 2.45) is 16.6 Å². The molecule has 112 valence electrons. The number of nitrogens with two attached hydrogens (primary N) is 1. The lowest BCUT2D eigenvalue weighted by Gasteiger charge is -2.43. The first-order chi connectivity index (χ1) is 9.14. The molecule has 2 aliphatic rings. The Kier molecular flexibility index (Phi) is 3.39. The highest BCUT2D eigenvalue weighted by Gasteiger charge is 2.49. The molecule has 1 saturated heterocycles. The number of likely N-dealkylation sites (tertiary alicyclic amines) is 1. The lowest BCUT2D eigenvalue weighted by atomic mass is 9.78. The number of hydrogen-bond acceptors (Lipinski definition) is 4. The minimum absolute atomic E-state index is 0.0148. The summed E-state index contributed by atoms with van der Waals surface area (Å²) in [4.78, 5) is 28.9. The van der Waals surface area contributed by atoms with Crippen molar-refractivity contribution in [1.82, 2.24) is 10.2 Å². The fourth-order valence-electron chi connectivity index (χ4n) is 2.69. The molecule has 0 radical (unpaired) electrons. The molecule has 1 fully saturated rings. The van der Waals surface area contributed by atoms with E-state index in [9.17, 15) is 9.59 Å². The number of carbonyl (C=O) groups excluding carboxylic acids is 2. The predicted octanol–water partition coefficient (Wildman–Crippen LogP) is 1.08. The summed E-state index contributed by atoms with van der Waals surface area (Å²) < 4.78 is 5.36. The molecule has 3 amide bonds. The van der Waals surface area contributed by atoms with Gasteiger partial charge < -0.3 is 20.7 Å². The van der Waals surface area contributed by atoms with Crippen LogP contribution in [0, 0.1) is 5.92 Å². The minimum Gasteiger partial charge on any atom is -0.444 e. The van der Waals surface area contributed by atoms with Gasteiger partial charge in [-0.1, -0.05) is 6.92 Å². The second-order valence-corrected chi connectivity index (χ2v) is 6.48. The standard InChI is InChI=1S/C13H22N4O3/c1-8-7-17(11(19)20-12(2,3)4)6-5-13(8)9(14)15-10(18)16-13/h8H,5-7H2,1-4H3,(H3,14,15,16,18). The molecule has 0 aliphatic carbocycles. The van der Waals surface area contributed by atoms with Crippen molar-refractivity contribution in [3.05, 3.63) is 0 Å². The Morgan fingerprint density at radius 1 is 1.55 bits per heavy atom. The highest BCUT2D eigenvalue weighted by Crippen LogP contribution is 2.31. The highest BCUT2D eigenvalue weighted by molar-refractivity contribution is 6.06. The summed E-state index contributed by atoms with van der Waals surface area (Å²) in [6.07, 6.45) is 0.216. The normalized spacial score (nSPS) is 30.2. The van der Waals surface area contributed by atoms with Crippen molar-refractivity contribution >= 4 is 18.0 Å². The molecule has 0 saturated carbocycles. The fourth-order valence-corrected chi connectivity index (χ4v) is 2.69. The second-order valence-electron chi connectivity index (χ2n) is 6.48. The minimum atomic E-state index is -0.615. The fraction of sp³-hybridized carbons (Fsp3) is 0.769. The van der Waals surface area contributed by atoms with E-state index in [1.165, 1.54) is 0 Å². The molecule has 2 rings (SSSR count). The van der Waals surface area contributed by atoms with Crippen LogP contribution in [0.1, 0.15) is 34.1 Å². The average molecular weight is 282 g/mol. The number of amides is 3. The van der Waals surface area contributed by atoms with Crippen molar-refractivity contribution < 1.29 is 14.3 Å². The molecule has 2 atom stereocenters. The van der Waals surface area contributed by atoms with Gasteiger partial charge >= 0.3 is 12.1 Å². The molecule has 2 aliphatic heterocycles. The Bertz CT molecular complexity index is 469. The number of carbonyl (C=O) groups is 2. The van der Waals surface area contributed by atoms with Gasteiger partial charge in [-0.05, 0) is 27.2 Å².